The van der Waals surface area contributed by atoms with Gasteiger partial charge in [0.15, 0.2) is 0 Å². The smallest absolute Gasteiger partial charge is 0.00392 e. The van der Waals surface area contributed by atoms with Crippen molar-refractivity contribution in [3.05, 3.63) is 0 Å². The van der Waals surface area contributed by atoms with E-state index in [1.807, 2.05) is 0 Å². The van der Waals surface area contributed by atoms with E-state index >= 15 is 0 Å². The Bertz CT molecular complexity index is 167. The molecule has 1 unspecified atom stereocenters. The van der Waals surface area contributed by atoms with Crippen LogP contribution >= 0.6 is 11.8 Å². The number of unbranched alkanes of at least 4 members (excludes halogenated alkanes) is 9. The van der Waals surface area contributed by atoms with Crippen molar-refractivity contribution in [1.82, 2.24) is 0 Å². The van der Waals surface area contributed by atoms with E-state index in [-0.39, 0.29) is 0 Å². The fourth-order valence-corrected chi connectivity index (χ4v) is 3.97. The summed E-state index contributed by atoms with van der Waals surface area (Å²) < 4.78 is 0. The van der Waals surface area contributed by atoms with Crippen LogP contribution in [-0.2, 0) is 0 Å². The molecule has 0 N–H and O–H groups in total. The summed E-state index contributed by atoms with van der Waals surface area (Å²) in [4.78, 5) is 0. The van der Waals surface area contributed by atoms with Gasteiger partial charge in [0.05, 0.1) is 0 Å². The van der Waals surface area contributed by atoms with Gasteiger partial charge in [0.1, 0.15) is 0 Å². The van der Waals surface area contributed by atoms with Crippen LogP contribution in [-0.4, -0.2) is 11.5 Å². The van der Waals surface area contributed by atoms with E-state index in [1.165, 1.54) is 95.0 Å². The fraction of sp³-hybridized carbons (Fsp3) is 1.00. The first kappa shape index (κ1) is 20.3. The quantitative estimate of drug-likeness (QED) is 0.266. The lowest BCUT2D eigenvalue weighted by Crippen LogP contribution is -2.02. The van der Waals surface area contributed by atoms with Crippen molar-refractivity contribution in [3.63, 3.8) is 0 Å². The maximum atomic E-state index is 2.36. The van der Waals surface area contributed by atoms with Crippen LogP contribution in [0.15, 0.2) is 0 Å². The standard InChI is InChI=1S/C19H40S/c1-4-7-9-10-11-12-13-14-15-17-20-18-19(6-3)16-8-5-2/h19H,4-18H2,1-3H3. The third kappa shape index (κ3) is 14.8. The Morgan fingerprint density at radius 2 is 1.20 bits per heavy atom. The maximum Gasteiger partial charge on any atom is -0.00392 e. The highest BCUT2D eigenvalue weighted by Gasteiger charge is 2.05. The molecule has 1 atom stereocenters. The molecule has 0 aliphatic heterocycles. The molecule has 0 amide bonds. The molecule has 1 heteroatoms. The molecule has 0 nitrogen and oxygen atoms in total. The molecule has 0 rings (SSSR count). The van der Waals surface area contributed by atoms with Crippen LogP contribution in [0, 0.1) is 5.92 Å². The zero-order valence-electron chi connectivity index (χ0n) is 14.6. The molecule has 0 radical (unpaired) electrons. The predicted octanol–water partition coefficient (Wildman–Crippen LogP) is 7.47. The normalized spacial score (nSPS) is 12.8. The van der Waals surface area contributed by atoms with E-state index < -0.39 is 0 Å². The Kier molecular flexibility index (Phi) is 17.7. The molecule has 0 saturated carbocycles. The largest absolute Gasteiger partial charge is 0.162 e. The highest BCUT2D eigenvalue weighted by Crippen LogP contribution is 2.19. The first-order valence-electron chi connectivity index (χ1n) is 9.42. The van der Waals surface area contributed by atoms with Gasteiger partial charge in [0, 0.05) is 0 Å². The lowest BCUT2D eigenvalue weighted by atomic mass is 10.0. The van der Waals surface area contributed by atoms with Gasteiger partial charge < -0.3 is 0 Å². The highest BCUT2D eigenvalue weighted by molar-refractivity contribution is 7.99. The Morgan fingerprint density at radius 1 is 0.650 bits per heavy atom. The van der Waals surface area contributed by atoms with Crippen molar-refractivity contribution in [2.75, 3.05) is 11.5 Å². The lowest BCUT2D eigenvalue weighted by Gasteiger charge is -2.13. The Morgan fingerprint density at radius 3 is 1.75 bits per heavy atom. The van der Waals surface area contributed by atoms with Gasteiger partial charge in [-0.3, -0.25) is 0 Å². The van der Waals surface area contributed by atoms with Crippen molar-refractivity contribution in [2.45, 2.75) is 104 Å². The van der Waals surface area contributed by atoms with Gasteiger partial charge in [-0.15, -0.1) is 0 Å². The summed E-state index contributed by atoms with van der Waals surface area (Å²) >= 11 is 2.21. The predicted molar refractivity (Wildman–Crippen MR) is 97.9 cm³/mol. The van der Waals surface area contributed by atoms with Crippen molar-refractivity contribution < 1.29 is 0 Å². The van der Waals surface area contributed by atoms with E-state index in [2.05, 4.69) is 32.5 Å². The summed E-state index contributed by atoms with van der Waals surface area (Å²) in [6.07, 6.45) is 18.7. The molecule has 0 heterocycles. The minimum atomic E-state index is 0.985. The monoisotopic (exact) mass is 300 g/mol. The maximum absolute atomic E-state index is 2.36. The van der Waals surface area contributed by atoms with Crippen molar-refractivity contribution in [2.24, 2.45) is 5.92 Å². The van der Waals surface area contributed by atoms with Gasteiger partial charge in [-0.25, -0.2) is 0 Å². The number of hydrogen-bond donors (Lipinski definition) is 0. The van der Waals surface area contributed by atoms with E-state index in [9.17, 15) is 0 Å². The molecule has 0 saturated heterocycles. The zero-order chi connectivity index (χ0) is 14.9. The zero-order valence-corrected chi connectivity index (χ0v) is 15.4. The minimum Gasteiger partial charge on any atom is -0.162 e. The van der Waals surface area contributed by atoms with Crippen LogP contribution in [0.4, 0.5) is 0 Å². The van der Waals surface area contributed by atoms with Crippen LogP contribution in [0.5, 0.6) is 0 Å². The van der Waals surface area contributed by atoms with Gasteiger partial charge in [-0.1, -0.05) is 91.4 Å². The van der Waals surface area contributed by atoms with Crippen LogP contribution < -0.4 is 0 Å². The molecular weight excluding hydrogens is 260 g/mol. The number of thioether (sulfide) groups is 1. The van der Waals surface area contributed by atoms with Crippen molar-refractivity contribution in [3.8, 4) is 0 Å². The Balaban J connectivity index is 3.15. The van der Waals surface area contributed by atoms with Crippen LogP contribution in [0.25, 0.3) is 0 Å². The topological polar surface area (TPSA) is 0 Å². The Hall–Kier alpha value is 0.350. The van der Waals surface area contributed by atoms with Gasteiger partial charge in [0.25, 0.3) is 0 Å². The van der Waals surface area contributed by atoms with Gasteiger partial charge in [0.2, 0.25) is 0 Å². The second kappa shape index (κ2) is 17.4. The van der Waals surface area contributed by atoms with Crippen molar-refractivity contribution in [1.29, 1.82) is 0 Å². The highest BCUT2D eigenvalue weighted by atomic mass is 32.2. The summed E-state index contributed by atoms with van der Waals surface area (Å²) in [5.74, 6) is 3.80. The molecule has 0 fully saturated rings. The molecule has 0 aromatic carbocycles. The van der Waals surface area contributed by atoms with Gasteiger partial charge >= 0.3 is 0 Å². The second-order valence-electron chi connectivity index (χ2n) is 6.32. The minimum absolute atomic E-state index is 0.985. The molecule has 122 valence electrons. The van der Waals surface area contributed by atoms with Crippen molar-refractivity contribution >= 4 is 11.8 Å². The van der Waals surface area contributed by atoms with E-state index in [1.54, 1.807) is 0 Å². The first-order chi connectivity index (χ1) is 9.85. The number of rotatable bonds is 16. The Labute approximate surface area is 133 Å². The van der Waals surface area contributed by atoms with Gasteiger partial charge in [-0.05, 0) is 30.3 Å². The lowest BCUT2D eigenvalue weighted by molar-refractivity contribution is 0.499. The average Bonchev–Trinajstić information content (AvgIpc) is 2.48. The third-order valence-corrected chi connectivity index (χ3v) is 5.57. The van der Waals surface area contributed by atoms with Crippen LogP contribution in [0.2, 0.25) is 0 Å². The fourth-order valence-electron chi connectivity index (χ4n) is 2.66. The van der Waals surface area contributed by atoms with E-state index in [0.29, 0.717) is 0 Å². The molecule has 20 heavy (non-hydrogen) atoms. The molecule has 0 aliphatic rings. The van der Waals surface area contributed by atoms with Gasteiger partial charge in [-0.2, -0.15) is 11.8 Å². The van der Waals surface area contributed by atoms with E-state index in [0.717, 1.165) is 5.92 Å². The molecule has 0 aromatic heterocycles. The number of hydrogen-bond acceptors (Lipinski definition) is 1. The summed E-state index contributed by atoms with van der Waals surface area (Å²) in [5, 5.41) is 0. The summed E-state index contributed by atoms with van der Waals surface area (Å²) in [5.41, 5.74) is 0. The summed E-state index contributed by atoms with van der Waals surface area (Å²) in [7, 11) is 0. The molecule has 0 spiro atoms. The third-order valence-electron chi connectivity index (χ3n) is 4.29. The molecule has 0 aliphatic carbocycles. The summed E-state index contributed by atoms with van der Waals surface area (Å²) in [6, 6.07) is 0. The molecular formula is C19H40S. The SMILES string of the molecule is CCCCCCCCCCCSCC(CC)CCCC. The molecule has 0 bridgehead atoms. The second-order valence-corrected chi connectivity index (χ2v) is 7.47. The van der Waals surface area contributed by atoms with E-state index in [4.69, 9.17) is 0 Å². The van der Waals surface area contributed by atoms with Crippen LogP contribution in [0.3, 0.4) is 0 Å². The van der Waals surface area contributed by atoms with Crippen LogP contribution in [0.1, 0.15) is 104 Å². The first-order valence-corrected chi connectivity index (χ1v) is 10.6. The summed E-state index contributed by atoms with van der Waals surface area (Å²) in [6.45, 7) is 6.96. The average molecular weight is 301 g/mol. The molecule has 0 aromatic rings.